The zero-order valence-corrected chi connectivity index (χ0v) is 12.7. The summed E-state index contributed by atoms with van der Waals surface area (Å²) in [6.45, 7) is 5.73. The van der Waals surface area contributed by atoms with Crippen LogP contribution in [0.2, 0.25) is 0 Å². The topological polar surface area (TPSA) is 84.4 Å². The monoisotopic (exact) mass is 306 g/mol. The van der Waals surface area contributed by atoms with Crippen LogP contribution in [-0.2, 0) is 0 Å². The van der Waals surface area contributed by atoms with E-state index in [1.807, 2.05) is 20.8 Å². The zero-order valence-electron chi connectivity index (χ0n) is 11.9. The van der Waals surface area contributed by atoms with E-state index in [9.17, 15) is 4.39 Å². The van der Waals surface area contributed by atoms with E-state index < -0.39 is 5.82 Å². The Balaban J connectivity index is 2.48. The van der Waals surface area contributed by atoms with E-state index in [4.69, 9.17) is 10.9 Å². The molecule has 0 atom stereocenters. The third-order valence-electron chi connectivity index (χ3n) is 3.15. The van der Waals surface area contributed by atoms with Gasteiger partial charge in [0.25, 0.3) is 0 Å². The first-order chi connectivity index (χ1) is 9.93. The standard InChI is InChI=1S/C14H15FN4OS/c1-7-8(2)17-14(18-9(7)3)21-11-6-4-5-10(15)12(11)13(16)19-20/h4-6,20H,1-3H3,(H2,16,19). The van der Waals surface area contributed by atoms with Gasteiger partial charge in [0.05, 0.1) is 5.56 Å². The Morgan fingerprint density at radius 2 is 1.86 bits per heavy atom. The lowest BCUT2D eigenvalue weighted by atomic mass is 10.2. The van der Waals surface area contributed by atoms with Crippen LogP contribution in [0.4, 0.5) is 4.39 Å². The van der Waals surface area contributed by atoms with Crippen molar-refractivity contribution >= 4 is 17.6 Å². The van der Waals surface area contributed by atoms with E-state index in [2.05, 4.69) is 15.1 Å². The number of oxime groups is 1. The van der Waals surface area contributed by atoms with Crippen molar-refractivity contribution in [3.05, 3.63) is 46.5 Å². The van der Waals surface area contributed by atoms with Crippen LogP contribution in [-0.4, -0.2) is 21.0 Å². The Labute approximate surface area is 126 Å². The summed E-state index contributed by atoms with van der Waals surface area (Å²) in [5, 5.41) is 12.1. The lowest BCUT2D eigenvalue weighted by Crippen LogP contribution is -2.16. The highest BCUT2D eigenvalue weighted by Gasteiger charge is 2.15. The second-order valence-electron chi connectivity index (χ2n) is 4.50. The predicted molar refractivity (Wildman–Crippen MR) is 79.3 cm³/mol. The van der Waals surface area contributed by atoms with Gasteiger partial charge in [-0.2, -0.15) is 0 Å². The van der Waals surface area contributed by atoms with Crippen molar-refractivity contribution in [3.8, 4) is 0 Å². The van der Waals surface area contributed by atoms with Crippen LogP contribution < -0.4 is 5.73 Å². The third kappa shape index (κ3) is 3.13. The maximum atomic E-state index is 13.9. The molecule has 0 saturated heterocycles. The summed E-state index contributed by atoms with van der Waals surface area (Å²) >= 11 is 1.17. The molecular formula is C14H15FN4OS. The maximum Gasteiger partial charge on any atom is 0.192 e. The first-order valence-corrected chi connectivity index (χ1v) is 7.01. The number of rotatable bonds is 3. The lowest BCUT2D eigenvalue weighted by molar-refractivity contribution is 0.318. The first kappa shape index (κ1) is 15.2. The smallest absolute Gasteiger partial charge is 0.192 e. The molecule has 0 bridgehead atoms. The van der Waals surface area contributed by atoms with Crippen LogP contribution in [0.1, 0.15) is 22.5 Å². The van der Waals surface area contributed by atoms with E-state index >= 15 is 0 Å². The van der Waals surface area contributed by atoms with E-state index in [-0.39, 0.29) is 11.4 Å². The van der Waals surface area contributed by atoms with Gasteiger partial charge >= 0.3 is 0 Å². The van der Waals surface area contributed by atoms with Gasteiger partial charge < -0.3 is 10.9 Å². The molecule has 110 valence electrons. The highest BCUT2D eigenvalue weighted by atomic mass is 32.2. The normalized spacial score (nSPS) is 11.7. The Morgan fingerprint density at radius 3 is 2.43 bits per heavy atom. The quantitative estimate of drug-likeness (QED) is 0.299. The molecule has 21 heavy (non-hydrogen) atoms. The fourth-order valence-corrected chi connectivity index (χ4v) is 2.79. The Hall–Kier alpha value is -2.15. The van der Waals surface area contributed by atoms with Gasteiger partial charge in [-0.3, -0.25) is 0 Å². The largest absolute Gasteiger partial charge is 0.409 e. The first-order valence-electron chi connectivity index (χ1n) is 6.20. The van der Waals surface area contributed by atoms with Gasteiger partial charge in [-0.15, -0.1) is 0 Å². The molecular weight excluding hydrogens is 291 g/mol. The van der Waals surface area contributed by atoms with Crippen molar-refractivity contribution in [2.24, 2.45) is 10.9 Å². The van der Waals surface area contributed by atoms with Crippen molar-refractivity contribution in [1.82, 2.24) is 9.97 Å². The molecule has 1 aromatic carbocycles. The van der Waals surface area contributed by atoms with Crippen LogP contribution in [0.5, 0.6) is 0 Å². The summed E-state index contributed by atoms with van der Waals surface area (Å²) in [5.74, 6) is -0.841. The molecule has 0 fully saturated rings. The van der Waals surface area contributed by atoms with Crippen molar-refractivity contribution < 1.29 is 9.60 Å². The second-order valence-corrected chi connectivity index (χ2v) is 5.51. The summed E-state index contributed by atoms with van der Waals surface area (Å²) in [5.41, 5.74) is 8.34. The van der Waals surface area contributed by atoms with Crippen LogP contribution in [0.25, 0.3) is 0 Å². The van der Waals surface area contributed by atoms with Crippen molar-refractivity contribution in [3.63, 3.8) is 0 Å². The van der Waals surface area contributed by atoms with Crippen LogP contribution >= 0.6 is 11.8 Å². The SMILES string of the molecule is Cc1nc(Sc2cccc(F)c2C(N)=NO)nc(C)c1C. The fraction of sp³-hybridized carbons (Fsp3) is 0.214. The summed E-state index contributed by atoms with van der Waals surface area (Å²) < 4.78 is 13.9. The number of benzene rings is 1. The van der Waals surface area contributed by atoms with Gasteiger partial charge in [-0.25, -0.2) is 14.4 Å². The molecule has 5 nitrogen and oxygen atoms in total. The molecule has 1 aromatic heterocycles. The van der Waals surface area contributed by atoms with Crippen LogP contribution in [0.3, 0.4) is 0 Å². The van der Waals surface area contributed by atoms with Gasteiger partial charge in [0, 0.05) is 16.3 Å². The number of nitrogens with two attached hydrogens (primary N) is 1. The Bertz CT molecular complexity index is 695. The molecule has 2 rings (SSSR count). The van der Waals surface area contributed by atoms with Gasteiger partial charge in [-0.05, 0) is 50.2 Å². The third-order valence-corrected chi connectivity index (χ3v) is 4.08. The number of halogens is 1. The number of aryl methyl sites for hydroxylation is 2. The van der Waals surface area contributed by atoms with Crippen LogP contribution in [0, 0.1) is 26.6 Å². The van der Waals surface area contributed by atoms with E-state index in [0.29, 0.717) is 10.1 Å². The van der Waals surface area contributed by atoms with Gasteiger partial charge in [0.15, 0.2) is 11.0 Å². The molecule has 0 aliphatic rings. The van der Waals surface area contributed by atoms with Crippen molar-refractivity contribution in [1.29, 1.82) is 0 Å². The summed E-state index contributed by atoms with van der Waals surface area (Å²) in [7, 11) is 0. The number of aromatic nitrogens is 2. The average Bonchev–Trinajstić information content (AvgIpc) is 2.44. The summed E-state index contributed by atoms with van der Waals surface area (Å²) in [4.78, 5) is 9.24. The number of amidine groups is 1. The number of nitrogens with zero attached hydrogens (tertiary/aromatic N) is 3. The van der Waals surface area contributed by atoms with Crippen molar-refractivity contribution in [2.45, 2.75) is 30.8 Å². The molecule has 0 spiro atoms. The lowest BCUT2D eigenvalue weighted by Gasteiger charge is -2.10. The number of hydrogen-bond acceptors (Lipinski definition) is 5. The van der Waals surface area contributed by atoms with Gasteiger partial charge in [0.1, 0.15) is 5.82 Å². The van der Waals surface area contributed by atoms with Crippen molar-refractivity contribution in [2.75, 3.05) is 0 Å². The van der Waals surface area contributed by atoms with E-state index in [1.165, 1.54) is 17.8 Å². The highest BCUT2D eigenvalue weighted by Crippen LogP contribution is 2.30. The average molecular weight is 306 g/mol. The van der Waals surface area contributed by atoms with Crippen LogP contribution in [0.15, 0.2) is 33.4 Å². The minimum absolute atomic E-state index is 0.0458. The van der Waals surface area contributed by atoms with Gasteiger partial charge in [-0.1, -0.05) is 11.2 Å². The minimum atomic E-state index is -0.559. The van der Waals surface area contributed by atoms with E-state index in [1.54, 1.807) is 12.1 Å². The summed E-state index contributed by atoms with van der Waals surface area (Å²) in [6.07, 6.45) is 0. The molecule has 7 heteroatoms. The molecule has 3 N–H and O–H groups in total. The second kappa shape index (κ2) is 6.09. The molecule has 0 saturated carbocycles. The molecule has 0 aliphatic heterocycles. The molecule has 0 amide bonds. The predicted octanol–water partition coefficient (Wildman–Crippen LogP) is 2.79. The molecule has 0 unspecified atom stereocenters. The zero-order chi connectivity index (χ0) is 15.6. The summed E-state index contributed by atoms with van der Waals surface area (Å²) in [6, 6.07) is 4.48. The minimum Gasteiger partial charge on any atom is -0.409 e. The molecule has 0 radical (unpaired) electrons. The Morgan fingerprint density at radius 1 is 1.24 bits per heavy atom. The highest BCUT2D eigenvalue weighted by molar-refractivity contribution is 7.99. The molecule has 2 aromatic rings. The van der Waals surface area contributed by atoms with E-state index in [0.717, 1.165) is 17.0 Å². The van der Waals surface area contributed by atoms with Gasteiger partial charge in [0.2, 0.25) is 0 Å². The Kier molecular flexibility index (Phi) is 4.42. The maximum absolute atomic E-state index is 13.9. The number of hydrogen-bond donors (Lipinski definition) is 2. The fourth-order valence-electron chi connectivity index (χ4n) is 1.77. The molecule has 0 aliphatic carbocycles. The molecule has 1 heterocycles.